The third-order valence-electron chi connectivity index (χ3n) is 5.43. The van der Waals surface area contributed by atoms with E-state index >= 15 is 0 Å². The van der Waals surface area contributed by atoms with E-state index in [1.807, 2.05) is 43.3 Å². The van der Waals surface area contributed by atoms with Crippen LogP contribution in [-0.4, -0.2) is 5.11 Å². The Hall–Kier alpha value is -4.12. The van der Waals surface area contributed by atoms with E-state index in [9.17, 15) is 14.7 Å². The number of phenolic OH excluding ortho intramolecular Hbond substituents is 1. The second-order valence-corrected chi connectivity index (χ2v) is 7.56. The van der Waals surface area contributed by atoms with Gasteiger partial charge in [-0.25, -0.2) is 4.79 Å². The summed E-state index contributed by atoms with van der Waals surface area (Å²) in [5, 5.41) is 11.6. The Kier molecular flexibility index (Phi) is 4.44. The summed E-state index contributed by atoms with van der Waals surface area (Å²) >= 11 is 0. The lowest BCUT2D eigenvalue weighted by Crippen LogP contribution is -2.10. The van der Waals surface area contributed by atoms with Crippen LogP contribution in [0.2, 0.25) is 0 Å². The number of aryl methyl sites for hydroxylation is 1. The van der Waals surface area contributed by atoms with Gasteiger partial charge in [0.05, 0.1) is 17.2 Å². The van der Waals surface area contributed by atoms with Crippen molar-refractivity contribution in [1.82, 2.24) is 0 Å². The minimum absolute atomic E-state index is 0.0492. The van der Waals surface area contributed by atoms with Gasteiger partial charge in [0, 0.05) is 22.9 Å². The van der Waals surface area contributed by atoms with Gasteiger partial charge in [-0.1, -0.05) is 42.0 Å². The zero-order valence-electron chi connectivity index (χ0n) is 16.7. The van der Waals surface area contributed by atoms with Gasteiger partial charge in [-0.15, -0.1) is 0 Å². The van der Waals surface area contributed by atoms with Crippen molar-refractivity contribution >= 4 is 21.9 Å². The van der Waals surface area contributed by atoms with Crippen LogP contribution in [0, 0.1) is 6.92 Å². The first-order chi connectivity index (χ1) is 15.0. The molecule has 0 saturated heterocycles. The SMILES string of the molecule is Cc1ccc2occ(Cc3c(O)ccc4cc(-c5ccccc5)c(=O)oc34)c(=O)c2c1. The molecule has 0 atom stereocenters. The van der Waals surface area contributed by atoms with Crippen LogP contribution in [0.1, 0.15) is 16.7 Å². The Morgan fingerprint density at radius 1 is 0.935 bits per heavy atom. The van der Waals surface area contributed by atoms with Crippen LogP contribution in [0.4, 0.5) is 0 Å². The average molecular weight is 410 g/mol. The quantitative estimate of drug-likeness (QED) is 0.415. The number of hydrogen-bond acceptors (Lipinski definition) is 5. The van der Waals surface area contributed by atoms with Gasteiger partial charge in [0.15, 0.2) is 5.43 Å². The van der Waals surface area contributed by atoms with Gasteiger partial charge in [-0.05, 0) is 42.8 Å². The molecule has 1 N–H and O–H groups in total. The Morgan fingerprint density at radius 3 is 2.55 bits per heavy atom. The highest BCUT2D eigenvalue weighted by atomic mass is 16.4. The molecule has 0 aliphatic heterocycles. The first kappa shape index (κ1) is 18.9. The summed E-state index contributed by atoms with van der Waals surface area (Å²) in [5.74, 6) is -0.0492. The highest BCUT2D eigenvalue weighted by Gasteiger charge is 2.17. The van der Waals surface area contributed by atoms with E-state index < -0.39 is 5.63 Å². The Labute approximate surface area is 176 Å². The molecule has 0 bridgehead atoms. The molecular formula is C26H18O5. The van der Waals surface area contributed by atoms with Crippen molar-refractivity contribution in [2.45, 2.75) is 13.3 Å². The van der Waals surface area contributed by atoms with Crippen molar-refractivity contribution < 1.29 is 13.9 Å². The smallest absolute Gasteiger partial charge is 0.344 e. The fraction of sp³-hybridized carbons (Fsp3) is 0.0769. The molecule has 5 nitrogen and oxygen atoms in total. The zero-order chi connectivity index (χ0) is 21.5. The van der Waals surface area contributed by atoms with Crippen LogP contribution in [0.15, 0.2) is 91.4 Å². The van der Waals surface area contributed by atoms with Crippen LogP contribution >= 0.6 is 0 Å². The molecule has 0 aliphatic rings. The van der Waals surface area contributed by atoms with Crippen LogP contribution in [0.3, 0.4) is 0 Å². The lowest BCUT2D eigenvalue weighted by atomic mass is 9.99. The maximum Gasteiger partial charge on any atom is 0.344 e. The average Bonchev–Trinajstić information content (AvgIpc) is 2.78. The van der Waals surface area contributed by atoms with Gasteiger partial charge in [0.25, 0.3) is 0 Å². The molecule has 0 spiro atoms. The predicted octanol–water partition coefficient (Wildman–Crippen LogP) is 5.17. The van der Waals surface area contributed by atoms with Crippen LogP contribution in [0.25, 0.3) is 33.1 Å². The first-order valence-corrected chi connectivity index (χ1v) is 9.86. The summed E-state index contributed by atoms with van der Waals surface area (Å²) in [6.45, 7) is 1.90. The zero-order valence-corrected chi connectivity index (χ0v) is 16.7. The Bertz CT molecular complexity index is 1560. The molecule has 0 fully saturated rings. The summed E-state index contributed by atoms with van der Waals surface area (Å²) in [5.41, 5.74) is 2.95. The summed E-state index contributed by atoms with van der Waals surface area (Å²) in [6.07, 6.45) is 1.47. The maximum absolute atomic E-state index is 13.0. The minimum Gasteiger partial charge on any atom is -0.508 e. The normalized spacial score (nSPS) is 11.3. The summed E-state index contributed by atoms with van der Waals surface area (Å²) in [7, 11) is 0. The van der Waals surface area contributed by atoms with Crippen molar-refractivity contribution in [3.8, 4) is 16.9 Å². The number of phenols is 1. The number of fused-ring (bicyclic) bond motifs is 2. The second-order valence-electron chi connectivity index (χ2n) is 7.56. The van der Waals surface area contributed by atoms with Gasteiger partial charge in [0.1, 0.15) is 16.9 Å². The van der Waals surface area contributed by atoms with E-state index in [4.69, 9.17) is 8.83 Å². The molecule has 5 rings (SSSR count). The van der Waals surface area contributed by atoms with Crippen molar-refractivity contribution in [3.05, 3.63) is 110 Å². The molecule has 2 heterocycles. The summed E-state index contributed by atoms with van der Waals surface area (Å²) in [4.78, 5) is 25.7. The largest absolute Gasteiger partial charge is 0.508 e. The molecule has 2 aromatic heterocycles. The molecule has 31 heavy (non-hydrogen) atoms. The molecule has 0 radical (unpaired) electrons. The van der Waals surface area contributed by atoms with Gasteiger partial charge in [-0.3, -0.25) is 4.79 Å². The Balaban J connectivity index is 1.67. The third-order valence-corrected chi connectivity index (χ3v) is 5.43. The van der Waals surface area contributed by atoms with Crippen molar-refractivity contribution in [1.29, 1.82) is 0 Å². The summed E-state index contributed by atoms with van der Waals surface area (Å²) in [6, 6.07) is 19.6. The molecular weight excluding hydrogens is 392 g/mol. The second kappa shape index (κ2) is 7.29. The summed E-state index contributed by atoms with van der Waals surface area (Å²) < 4.78 is 11.3. The number of aromatic hydroxyl groups is 1. The molecule has 3 aromatic carbocycles. The number of benzene rings is 3. The predicted molar refractivity (Wildman–Crippen MR) is 120 cm³/mol. The van der Waals surface area contributed by atoms with Crippen molar-refractivity contribution in [3.63, 3.8) is 0 Å². The topological polar surface area (TPSA) is 80.7 Å². The van der Waals surface area contributed by atoms with E-state index in [-0.39, 0.29) is 23.2 Å². The fourth-order valence-electron chi connectivity index (χ4n) is 3.82. The van der Waals surface area contributed by atoms with Gasteiger partial charge in [-0.2, -0.15) is 0 Å². The minimum atomic E-state index is -0.508. The van der Waals surface area contributed by atoms with E-state index in [2.05, 4.69) is 0 Å². The lowest BCUT2D eigenvalue weighted by Gasteiger charge is -2.10. The van der Waals surface area contributed by atoms with E-state index in [0.29, 0.717) is 33.0 Å². The van der Waals surface area contributed by atoms with Gasteiger partial charge >= 0.3 is 5.63 Å². The fourth-order valence-corrected chi connectivity index (χ4v) is 3.82. The van der Waals surface area contributed by atoms with Crippen LogP contribution in [0.5, 0.6) is 5.75 Å². The Morgan fingerprint density at radius 2 is 1.74 bits per heavy atom. The van der Waals surface area contributed by atoms with E-state index in [1.165, 1.54) is 6.26 Å². The maximum atomic E-state index is 13.0. The van der Waals surface area contributed by atoms with E-state index in [1.54, 1.807) is 30.3 Å². The standard InChI is InChI=1S/C26H18O5/c1-15-7-10-23-21(11-15)24(28)18(14-30-23)13-20-22(27)9-8-17-12-19(26(29)31-25(17)20)16-5-3-2-4-6-16/h2-12,14,27H,13H2,1H3. The third kappa shape index (κ3) is 3.30. The molecule has 0 amide bonds. The highest BCUT2D eigenvalue weighted by Crippen LogP contribution is 2.30. The molecule has 0 saturated carbocycles. The number of rotatable bonds is 3. The van der Waals surface area contributed by atoms with Crippen molar-refractivity contribution in [2.24, 2.45) is 0 Å². The van der Waals surface area contributed by atoms with Crippen molar-refractivity contribution in [2.75, 3.05) is 0 Å². The molecule has 5 heteroatoms. The highest BCUT2D eigenvalue weighted by molar-refractivity contribution is 5.86. The van der Waals surface area contributed by atoms with E-state index in [0.717, 1.165) is 11.1 Å². The van der Waals surface area contributed by atoms with Gasteiger partial charge < -0.3 is 13.9 Å². The lowest BCUT2D eigenvalue weighted by molar-refractivity contribution is 0.466. The van der Waals surface area contributed by atoms with Gasteiger partial charge in [0.2, 0.25) is 0 Å². The van der Waals surface area contributed by atoms with Crippen LogP contribution < -0.4 is 11.1 Å². The number of hydrogen-bond donors (Lipinski definition) is 1. The molecule has 152 valence electrons. The first-order valence-electron chi connectivity index (χ1n) is 9.86. The molecule has 5 aromatic rings. The molecule has 0 aliphatic carbocycles. The van der Waals surface area contributed by atoms with Crippen LogP contribution in [-0.2, 0) is 6.42 Å². The monoisotopic (exact) mass is 410 g/mol. The molecule has 0 unspecified atom stereocenters.